The van der Waals surface area contributed by atoms with E-state index in [9.17, 15) is 14.9 Å². The van der Waals surface area contributed by atoms with E-state index in [0.29, 0.717) is 5.02 Å². The van der Waals surface area contributed by atoms with Crippen LogP contribution < -0.4 is 10.6 Å². The predicted octanol–water partition coefficient (Wildman–Crippen LogP) is 2.51. The highest BCUT2D eigenvalue weighted by molar-refractivity contribution is 6.30. The van der Waals surface area contributed by atoms with Crippen molar-refractivity contribution in [1.29, 1.82) is 0 Å². The number of carbonyl (C=O) groups excluding carboxylic acids is 1. The maximum atomic E-state index is 12.0. The van der Waals surface area contributed by atoms with Gasteiger partial charge >= 0.3 is 0 Å². The van der Waals surface area contributed by atoms with Gasteiger partial charge in [-0.25, -0.2) is 0 Å². The Morgan fingerprint density at radius 2 is 2.04 bits per heavy atom. The number of nitrogens with one attached hydrogen (secondary N) is 1. The fourth-order valence-corrected chi connectivity index (χ4v) is 2.35. The molecule has 3 N–H and O–H groups in total. The van der Waals surface area contributed by atoms with Crippen LogP contribution in [0.3, 0.4) is 0 Å². The molecule has 23 heavy (non-hydrogen) atoms. The number of rotatable bonds is 6. The first-order valence-electron chi connectivity index (χ1n) is 7.09. The van der Waals surface area contributed by atoms with Crippen LogP contribution in [0.2, 0.25) is 5.02 Å². The lowest BCUT2D eigenvalue weighted by Gasteiger charge is -2.11. The molecule has 0 aromatic heterocycles. The average Bonchev–Trinajstić information content (AvgIpc) is 2.53. The van der Waals surface area contributed by atoms with E-state index in [1.807, 2.05) is 30.4 Å². The van der Waals surface area contributed by atoms with Crippen molar-refractivity contribution in [3.05, 3.63) is 69.2 Å². The fourth-order valence-electron chi connectivity index (χ4n) is 2.15. The first-order chi connectivity index (χ1) is 11.0. The van der Waals surface area contributed by atoms with Crippen molar-refractivity contribution >= 4 is 28.9 Å². The second-order valence-corrected chi connectivity index (χ2v) is 5.54. The monoisotopic (exact) mass is 334 g/mol. The molecule has 0 aliphatic rings. The van der Waals surface area contributed by atoms with Gasteiger partial charge in [0.2, 0.25) is 0 Å². The molecule has 6 nitrogen and oxygen atoms in total. The lowest BCUT2D eigenvalue weighted by molar-refractivity contribution is -0.682. The second-order valence-electron chi connectivity index (χ2n) is 5.11. The number of carbonyl (C=O) groups is 1. The van der Waals surface area contributed by atoms with Crippen LogP contribution in [-0.4, -0.2) is 17.4 Å². The Morgan fingerprint density at radius 1 is 1.30 bits per heavy atom. The summed E-state index contributed by atoms with van der Waals surface area (Å²) >= 11 is 5.95. The Labute approximate surface area is 138 Å². The molecule has 2 aromatic rings. The van der Waals surface area contributed by atoms with Gasteiger partial charge in [0, 0.05) is 16.7 Å². The van der Waals surface area contributed by atoms with Gasteiger partial charge in [-0.1, -0.05) is 35.9 Å². The molecule has 0 saturated carbocycles. The fraction of sp³-hybridized carbons (Fsp3) is 0.188. The summed E-state index contributed by atoms with van der Waals surface area (Å²) < 4.78 is 0. The van der Waals surface area contributed by atoms with Crippen LogP contribution in [0.5, 0.6) is 0 Å². The predicted molar refractivity (Wildman–Crippen MR) is 88.4 cm³/mol. The Morgan fingerprint density at radius 3 is 2.74 bits per heavy atom. The molecule has 0 saturated heterocycles. The zero-order valence-electron chi connectivity index (χ0n) is 12.5. The Kier molecular flexibility index (Phi) is 5.67. The number of nitrogens with two attached hydrogens (primary N) is 1. The largest absolute Gasteiger partial charge is 0.333 e. The summed E-state index contributed by atoms with van der Waals surface area (Å²) in [4.78, 5) is 22.4. The van der Waals surface area contributed by atoms with Crippen molar-refractivity contribution in [3.8, 4) is 0 Å². The summed E-state index contributed by atoms with van der Waals surface area (Å²) in [6, 6.07) is 13.5. The van der Waals surface area contributed by atoms with E-state index in [2.05, 4.69) is 5.32 Å². The molecule has 0 radical (unpaired) electrons. The topological polar surface area (TPSA) is 88.8 Å². The van der Waals surface area contributed by atoms with Crippen molar-refractivity contribution in [2.75, 3.05) is 11.9 Å². The number of para-hydroxylation sites is 2. The number of nitro benzene ring substituents is 1. The van der Waals surface area contributed by atoms with E-state index in [0.717, 1.165) is 5.56 Å². The highest BCUT2D eigenvalue weighted by atomic mass is 35.5. The van der Waals surface area contributed by atoms with Gasteiger partial charge in [-0.2, -0.15) is 0 Å². The first kappa shape index (κ1) is 16.9. The molecule has 0 heterocycles. The molecule has 0 aliphatic heterocycles. The lowest BCUT2D eigenvalue weighted by atomic mass is 10.1. The molecule has 7 heteroatoms. The highest BCUT2D eigenvalue weighted by Gasteiger charge is 2.17. The summed E-state index contributed by atoms with van der Waals surface area (Å²) in [5.74, 6) is -0.298. The summed E-state index contributed by atoms with van der Waals surface area (Å²) in [6.45, 7) is 2.11. The van der Waals surface area contributed by atoms with Crippen LogP contribution in [0.15, 0.2) is 48.5 Å². The van der Waals surface area contributed by atoms with E-state index < -0.39 is 4.92 Å². The number of quaternary nitrogens is 1. The minimum absolute atomic E-state index is 0.0465. The second kappa shape index (κ2) is 7.71. The third-order valence-electron chi connectivity index (χ3n) is 3.41. The smallest absolute Gasteiger partial charge is 0.292 e. The molecule has 1 amide bonds. The van der Waals surface area contributed by atoms with Crippen LogP contribution in [0.4, 0.5) is 11.4 Å². The molecule has 0 aliphatic carbocycles. The minimum Gasteiger partial charge on any atom is -0.333 e. The Bertz CT molecular complexity index is 721. The molecule has 120 valence electrons. The summed E-state index contributed by atoms with van der Waals surface area (Å²) in [7, 11) is 0. The van der Waals surface area contributed by atoms with Crippen LogP contribution in [0.1, 0.15) is 18.5 Å². The molecule has 0 fully saturated rings. The van der Waals surface area contributed by atoms with Crippen LogP contribution >= 0.6 is 11.6 Å². The molecule has 0 unspecified atom stereocenters. The number of hydrogen-bond donors (Lipinski definition) is 2. The minimum atomic E-state index is -0.520. The third-order valence-corrected chi connectivity index (χ3v) is 3.64. The van der Waals surface area contributed by atoms with Crippen molar-refractivity contribution < 1.29 is 15.0 Å². The van der Waals surface area contributed by atoms with Gasteiger partial charge in [-0.15, -0.1) is 0 Å². The molecule has 1 atom stereocenters. The Hall–Kier alpha value is -2.44. The Balaban J connectivity index is 1.94. The lowest BCUT2D eigenvalue weighted by Crippen LogP contribution is -2.86. The molecular weight excluding hydrogens is 318 g/mol. The van der Waals surface area contributed by atoms with Crippen molar-refractivity contribution in [1.82, 2.24) is 0 Å². The standard InChI is InChI=1S/C16H16ClN3O3/c1-11(12-5-4-6-13(17)9-12)18-10-16(21)19-14-7-2-3-8-15(14)20(22)23/h2-9,11,18H,10H2,1H3,(H,19,21)/p+1/t11-/m0/s1. The normalized spacial score (nSPS) is 11.7. The maximum absolute atomic E-state index is 12.0. The number of hydrogen-bond acceptors (Lipinski definition) is 3. The zero-order chi connectivity index (χ0) is 16.8. The summed E-state index contributed by atoms with van der Waals surface area (Å²) in [5, 5.41) is 16.0. The van der Waals surface area contributed by atoms with Gasteiger partial charge < -0.3 is 10.6 Å². The van der Waals surface area contributed by atoms with Gasteiger partial charge in [0.1, 0.15) is 11.7 Å². The SMILES string of the molecule is C[C@H]([NH2+]CC(=O)Nc1ccccc1[N+](=O)[O-])c1cccc(Cl)c1. The number of amides is 1. The number of nitrogens with zero attached hydrogens (tertiary/aromatic N) is 1. The third kappa shape index (κ3) is 4.77. The molecule has 2 aromatic carbocycles. The quantitative estimate of drug-likeness (QED) is 0.628. The van der Waals surface area contributed by atoms with Crippen molar-refractivity contribution in [3.63, 3.8) is 0 Å². The van der Waals surface area contributed by atoms with E-state index in [4.69, 9.17) is 11.6 Å². The molecule has 0 bridgehead atoms. The van der Waals surface area contributed by atoms with Gasteiger partial charge in [-0.3, -0.25) is 14.9 Å². The number of nitro groups is 1. The van der Waals surface area contributed by atoms with Gasteiger partial charge in [0.15, 0.2) is 6.54 Å². The van der Waals surface area contributed by atoms with Crippen molar-refractivity contribution in [2.45, 2.75) is 13.0 Å². The van der Waals surface area contributed by atoms with Gasteiger partial charge in [-0.05, 0) is 25.1 Å². The van der Waals surface area contributed by atoms with E-state index >= 15 is 0 Å². The maximum Gasteiger partial charge on any atom is 0.292 e. The van der Waals surface area contributed by atoms with Crippen molar-refractivity contribution in [2.24, 2.45) is 0 Å². The molecule has 2 rings (SSSR count). The van der Waals surface area contributed by atoms with Crippen LogP contribution in [0.25, 0.3) is 0 Å². The zero-order valence-corrected chi connectivity index (χ0v) is 13.3. The summed E-state index contributed by atoms with van der Waals surface area (Å²) in [6.07, 6.45) is 0. The van der Waals surface area contributed by atoms with Crippen LogP contribution in [0, 0.1) is 10.1 Å². The number of halogens is 1. The number of anilines is 1. The average molecular weight is 335 g/mol. The van der Waals surface area contributed by atoms with Crippen LogP contribution in [-0.2, 0) is 4.79 Å². The first-order valence-corrected chi connectivity index (χ1v) is 7.47. The van der Waals surface area contributed by atoms with Gasteiger partial charge in [0.05, 0.1) is 4.92 Å². The van der Waals surface area contributed by atoms with E-state index in [1.54, 1.807) is 18.2 Å². The van der Waals surface area contributed by atoms with Gasteiger partial charge in [0.25, 0.3) is 11.6 Å². The highest BCUT2D eigenvalue weighted by Crippen LogP contribution is 2.22. The summed E-state index contributed by atoms with van der Waals surface area (Å²) in [5.41, 5.74) is 1.09. The number of benzene rings is 2. The molecule has 0 spiro atoms. The molecular formula is C16H17ClN3O3+. The van der Waals surface area contributed by atoms with E-state index in [1.165, 1.54) is 12.1 Å². The van der Waals surface area contributed by atoms with E-state index in [-0.39, 0.29) is 29.9 Å².